The lowest BCUT2D eigenvalue weighted by atomic mass is 10.1. The number of rotatable bonds is 4. The summed E-state index contributed by atoms with van der Waals surface area (Å²) in [5, 5.41) is 3.41. The summed E-state index contributed by atoms with van der Waals surface area (Å²) in [6.07, 6.45) is 3.31. The van der Waals surface area contributed by atoms with Gasteiger partial charge in [0, 0.05) is 24.0 Å². The Hall–Kier alpha value is -0.870. The van der Waals surface area contributed by atoms with E-state index in [1.54, 1.807) is 11.3 Å². The first-order chi connectivity index (χ1) is 9.13. The van der Waals surface area contributed by atoms with Gasteiger partial charge in [0.05, 0.1) is 4.88 Å². The average Bonchev–Trinajstić information content (AvgIpc) is 2.76. The van der Waals surface area contributed by atoms with Crippen LogP contribution in [0, 0.1) is 13.8 Å². The van der Waals surface area contributed by atoms with Gasteiger partial charge in [-0.25, -0.2) is 0 Å². The number of hydrogen-bond acceptors (Lipinski definition) is 3. The maximum absolute atomic E-state index is 12.7. The lowest BCUT2D eigenvalue weighted by molar-refractivity contribution is 0.0654. The number of hydrogen-bond donors (Lipinski definition) is 1. The van der Waals surface area contributed by atoms with Crippen molar-refractivity contribution in [1.29, 1.82) is 0 Å². The predicted octanol–water partition coefficient (Wildman–Crippen LogP) is 2.97. The number of carbonyl (C=O) groups is 1. The number of thiophene rings is 1. The van der Waals surface area contributed by atoms with E-state index < -0.39 is 0 Å². The molecule has 0 saturated carbocycles. The van der Waals surface area contributed by atoms with E-state index in [2.05, 4.69) is 31.0 Å². The molecular weight excluding hydrogens is 256 g/mol. The van der Waals surface area contributed by atoms with Crippen LogP contribution in [0.5, 0.6) is 0 Å². The van der Waals surface area contributed by atoms with Crippen molar-refractivity contribution in [1.82, 2.24) is 10.2 Å². The van der Waals surface area contributed by atoms with E-state index in [9.17, 15) is 4.79 Å². The van der Waals surface area contributed by atoms with Crippen molar-refractivity contribution >= 4 is 17.2 Å². The lowest BCUT2D eigenvalue weighted by Crippen LogP contribution is -2.48. The standard InChI is InChI=1S/C15H24N2OS/c1-4-8-17(13-6-5-7-16-10-13)15(18)14-9-11(2)12(3)19-14/h9,13,16H,4-8,10H2,1-3H3. The highest BCUT2D eigenvalue weighted by Crippen LogP contribution is 2.24. The molecule has 0 bridgehead atoms. The molecule has 3 nitrogen and oxygen atoms in total. The summed E-state index contributed by atoms with van der Waals surface area (Å²) in [7, 11) is 0. The molecule has 1 fully saturated rings. The highest BCUT2D eigenvalue weighted by molar-refractivity contribution is 7.14. The summed E-state index contributed by atoms with van der Waals surface area (Å²) < 4.78 is 0. The molecule has 1 aliphatic rings. The molecule has 0 radical (unpaired) electrons. The van der Waals surface area contributed by atoms with Gasteiger partial charge in [0.2, 0.25) is 0 Å². The first kappa shape index (κ1) is 14.5. The van der Waals surface area contributed by atoms with E-state index in [4.69, 9.17) is 0 Å². The Morgan fingerprint density at radius 1 is 1.53 bits per heavy atom. The zero-order valence-electron chi connectivity index (χ0n) is 12.2. The Kier molecular flexibility index (Phi) is 4.99. The van der Waals surface area contributed by atoms with Crippen LogP contribution >= 0.6 is 11.3 Å². The molecule has 0 aromatic carbocycles. The van der Waals surface area contributed by atoms with E-state index in [0.717, 1.165) is 37.4 Å². The van der Waals surface area contributed by atoms with Crippen LogP contribution in [-0.2, 0) is 0 Å². The van der Waals surface area contributed by atoms with Gasteiger partial charge in [0.1, 0.15) is 0 Å². The molecule has 4 heteroatoms. The summed E-state index contributed by atoms with van der Waals surface area (Å²) in [5.74, 6) is 0.219. The summed E-state index contributed by atoms with van der Waals surface area (Å²) in [6, 6.07) is 2.41. The van der Waals surface area contributed by atoms with Crippen molar-refractivity contribution in [2.24, 2.45) is 0 Å². The topological polar surface area (TPSA) is 32.3 Å². The fourth-order valence-electron chi connectivity index (χ4n) is 2.61. The third-order valence-corrected chi connectivity index (χ3v) is 4.95. The van der Waals surface area contributed by atoms with Crippen LogP contribution in [0.15, 0.2) is 6.07 Å². The molecule has 1 atom stereocenters. The van der Waals surface area contributed by atoms with Crippen LogP contribution in [-0.4, -0.2) is 36.5 Å². The largest absolute Gasteiger partial charge is 0.334 e. The van der Waals surface area contributed by atoms with Crippen LogP contribution in [0.4, 0.5) is 0 Å². The summed E-state index contributed by atoms with van der Waals surface area (Å²) >= 11 is 1.63. The first-order valence-electron chi connectivity index (χ1n) is 7.22. The molecule has 2 rings (SSSR count). The van der Waals surface area contributed by atoms with Gasteiger partial charge in [-0.3, -0.25) is 4.79 Å². The molecule has 106 valence electrons. The van der Waals surface area contributed by atoms with Crippen molar-refractivity contribution < 1.29 is 4.79 Å². The van der Waals surface area contributed by atoms with E-state index in [0.29, 0.717) is 6.04 Å². The first-order valence-corrected chi connectivity index (χ1v) is 8.03. The molecule has 1 aromatic rings. The van der Waals surface area contributed by atoms with Crippen molar-refractivity contribution in [3.63, 3.8) is 0 Å². The molecule has 1 saturated heterocycles. The molecule has 0 aliphatic carbocycles. The molecule has 1 N–H and O–H groups in total. The van der Waals surface area contributed by atoms with Crippen molar-refractivity contribution in [3.8, 4) is 0 Å². The minimum Gasteiger partial charge on any atom is -0.334 e. The maximum Gasteiger partial charge on any atom is 0.264 e. The van der Waals surface area contributed by atoms with Crippen molar-refractivity contribution in [3.05, 3.63) is 21.4 Å². The Morgan fingerprint density at radius 3 is 2.84 bits per heavy atom. The highest BCUT2D eigenvalue weighted by Gasteiger charge is 2.26. The van der Waals surface area contributed by atoms with E-state index in [1.165, 1.54) is 16.9 Å². The number of carbonyl (C=O) groups excluding carboxylic acids is 1. The Balaban J connectivity index is 2.15. The number of nitrogens with one attached hydrogen (secondary N) is 1. The summed E-state index contributed by atoms with van der Waals surface area (Å²) in [6.45, 7) is 9.19. The fourth-order valence-corrected chi connectivity index (χ4v) is 3.60. The molecule has 1 aromatic heterocycles. The van der Waals surface area contributed by atoms with Crippen LogP contribution in [0.25, 0.3) is 0 Å². The molecular formula is C15H24N2OS. The van der Waals surface area contributed by atoms with Crippen LogP contribution in [0.1, 0.15) is 46.3 Å². The van der Waals surface area contributed by atoms with E-state index in [1.807, 2.05) is 6.07 Å². The lowest BCUT2D eigenvalue weighted by Gasteiger charge is -2.34. The van der Waals surface area contributed by atoms with Crippen LogP contribution in [0.3, 0.4) is 0 Å². The minimum absolute atomic E-state index is 0.219. The second-order valence-corrected chi connectivity index (χ2v) is 6.60. The van der Waals surface area contributed by atoms with Crippen LogP contribution in [0.2, 0.25) is 0 Å². The smallest absolute Gasteiger partial charge is 0.264 e. The fraction of sp³-hybridized carbons (Fsp3) is 0.667. The monoisotopic (exact) mass is 280 g/mol. The molecule has 0 spiro atoms. The second-order valence-electron chi connectivity index (χ2n) is 5.35. The number of amides is 1. The third-order valence-electron chi connectivity index (χ3n) is 3.81. The van der Waals surface area contributed by atoms with Gasteiger partial charge >= 0.3 is 0 Å². The van der Waals surface area contributed by atoms with Gasteiger partial charge in [-0.15, -0.1) is 11.3 Å². The third kappa shape index (κ3) is 3.37. The SMILES string of the molecule is CCCN(C(=O)c1cc(C)c(C)s1)C1CCCNC1. The zero-order valence-corrected chi connectivity index (χ0v) is 13.0. The van der Waals surface area contributed by atoms with Gasteiger partial charge in [0.25, 0.3) is 5.91 Å². The molecule has 2 heterocycles. The Labute approximate surface area is 120 Å². The molecule has 1 unspecified atom stereocenters. The zero-order chi connectivity index (χ0) is 13.8. The predicted molar refractivity (Wildman–Crippen MR) is 81.0 cm³/mol. The van der Waals surface area contributed by atoms with Gasteiger partial charge in [0.15, 0.2) is 0 Å². The van der Waals surface area contributed by atoms with Crippen molar-refractivity contribution in [2.75, 3.05) is 19.6 Å². The molecule has 19 heavy (non-hydrogen) atoms. The average molecular weight is 280 g/mol. The summed E-state index contributed by atoms with van der Waals surface area (Å²) in [5.41, 5.74) is 1.23. The quantitative estimate of drug-likeness (QED) is 0.919. The van der Waals surface area contributed by atoms with Gasteiger partial charge in [-0.2, -0.15) is 0 Å². The van der Waals surface area contributed by atoms with Gasteiger partial charge in [-0.05, 0) is 51.3 Å². The van der Waals surface area contributed by atoms with Crippen molar-refractivity contribution in [2.45, 2.75) is 46.1 Å². The molecule has 1 amide bonds. The van der Waals surface area contributed by atoms with Gasteiger partial charge < -0.3 is 10.2 Å². The second kappa shape index (κ2) is 6.53. The number of nitrogens with zero attached hydrogens (tertiary/aromatic N) is 1. The minimum atomic E-state index is 0.219. The summed E-state index contributed by atoms with van der Waals surface area (Å²) in [4.78, 5) is 16.9. The maximum atomic E-state index is 12.7. The normalized spacial score (nSPS) is 19.4. The Morgan fingerprint density at radius 2 is 2.32 bits per heavy atom. The Bertz CT molecular complexity index is 416. The number of aryl methyl sites for hydroxylation is 2. The van der Waals surface area contributed by atoms with E-state index >= 15 is 0 Å². The highest BCUT2D eigenvalue weighted by atomic mass is 32.1. The van der Waals surface area contributed by atoms with Crippen LogP contribution < -0.4 is 5.32 Å². The number of piperidine rings is 1. The molecule has 1 aliphatic heterocycles. The van der Waals surface area contributed by atoms with Gasteiger partial charge in [-0.1, -0.05) is 6.92 Å². The van der Waals surface area contributed by atoms with E-state index in [-0.39, 0.29) is 5.91 Å².